The molecule has 1 aliphatic rings. The molecule has 0 saturated carbocycles. The van der Waals surface area contributed by atoms with Crippen LogP contribution in [-0.4, -0.2) is 44.9 Å². The summed E-state index contributed by atoms with van der Waals surface area (Å²) in [4.78, 5) is 13.4. The molecule has 1 saturated heterocycles. The number of hydrogen-bond donors (Lipinski definition) is 1. The summed E-state index contributed by atoms with van der Waals surface area (Å²) in [6, 6.07) is 7.21. The maximum Gasteiger partial charge on any atom is 0.338 e. The molecule has 4 nitrogen and oxygen atoms in total. The van der Waals surface area contributed by atoms with Gasteiger partial charge in [-0.25, -0.2) is 4.79 Å². The van der Waals surface area contributed by atoms with Gasteiger partial charge in [-0.1, -0.05) is 15.9 Å². The molecule has 1 N–H and O–H groups in total. The normalized spacial score (nSPS) is 18.0. The summed E-state index contributed by atoms with van der Waals surface area (Å²) < 4.78 is 11.7. The van der Waals surface area contributed by atoms with E-state index in [1.54, 1.807) is 12.1 Å². The molecule has 1 aromatic rings. The van der Waals surface area contributed by atoms with Gasteiger partial charge >= 0.3 is 5.97 Å². The van der Waals surface area contributed by atoms with Crippen LogP contribution in [0.5, 0.6) is 0 Å². The van der Waals surface area contributed by atoms with Gasteiger partial charge in [0.2, 0.25) is 0 Å². The summed E-state index contributed by atoms with van der Waals surface area (Å²) in [5.41, 5.74) is 0.590. The van der Waals surface area contributed by atoms with Crippen LogP contribution in [0, 0.1) is 0 Å². The van der Waals surface area contributed by atoms with Crippen molar-refractivity contribution in [1.82, 2.24) is 0 Å². The SMILES string of the molecule is CC(C[NH+]1CCOCC1)OC(=O)c1ccc(Br)cc1. The zero-order valence-corrected chi connectivity index (χ0v) is 12.6. The molecule has 1 heterocycles. The van der Waals surface area contributed by atoms with Crippen molar-refractivity contribution in [1.29, 1.82) is 0 Å². The molecule has 104 valence electrons. The molecular weight excluding hydrogens is 310 g/mol. The fourth-order valence-corrected chi connectivity index (χ4v) is 2.41. The van der Waals surface area contributed by atoms with E-state index >= 15 is 0 Å². The fraction of sp³-hybridized carbons (Fsp3) is 0.500. The third-order valence-electron chi connectivity index (χ3n) is 3.16. The molecule has 1 aliphatic heterocycles. The largest absolute Gasteiger partial charge is 0.453 e. The van der Waals surface area contributed by atoms with Gasteiger partial charge in [0, 0.05) is 4.47 Å². The molecule has 0 spiro atoms. The first-order valence-electron chi connectivity index (χ1n) is 6.53. The lowest BCUT2D eigenvalue weighted by Crippen LogP contribution is -3.15. The van der Waals surface area contributed by atoms with Crippen molar-refractivity contribution in [2.75, 3.05) is 32.8 Å². The molecular formula is C14H19BrNO3+. The standard InChI is InChI=1S/C14H18BrNO3/c1-11(10-16-6-8-18-9-7-16)19-14(17)12-2-4-13(15)5-3-12/h2-5,11H,6-10H2,1H3/p+1. The Hall–Kier alpha value is -0.910. The second kappa shape index (κ2) is 7.03. The van der Waals surface area contributed by atoms with Crippen molar-refractivity contribution in [2.24, 2.45) is 0 Å². The third-order valence-corrected chi connectivity index (χ3v) is 3.69. The summed E-state index contributed by atoms with van der Waals surface area (Å²) in [5.74, 6) is -0.257. The monoisotopic (exact) mass is 328 g/mol. The van der Waals surface area contributed by atoms with E-state index in [4.69, 9.17) is 9.47 Å². The first kappa shape index (κ1) is 14.5. The maximum atomic E-state index is 11.9. The van der Waals surface area contributed by atoms with Crippen molar-refractivity contribution >= 4 is 21.9 Å². The predicted molar refractivity (Wildman–Crippen MR) is 75.4 cm³/mol. The first-order chi connectivity index (χ1) is 9.15. The molecule has 5 heteroatoms. The summed E-state index contributed by atoms with van der Waals surface area (Å²) in [5, 5.41) is 0. The van der Waals surface area contributed by atoms with Gasteiger partial charge in [-0.05, 0) is 31.2 Å². The van der Waals surface area contributed by atoms with E-state index in [-0.39, 0.29) is 12.1 Å². The van der Waals surface area contributed by atoms with Gasteiger partial charge in [0.25, 0.3) is 0 Å². The molecule has 0 aromatic heterocycles. The highest BCUT2D eigenvalue weighted by molar-refractivity contribution is 9.10. The molecule has 1 aromatic carbocycles. The molecule has 1 unspecified atom stereocenters. The Balaban J connectivity index is 1.82. The van der Waals surface area contributed by atoms with Crippen LogP contribution in [-0.2, 0) is 9.47 Å². The predicted octanol–water partition coefficient (Wildman–Crippen LogP) is 0.909. The lowest BCUT2D eigenvalue weighted by Gasteiger charge is -2.26. The van der Waals surface area contributed by atoms with Gasteiger partial charge in [-0.3, -0.25) is 0 Å². The van der Waals surface area contributed by atoms with E-state index in [1.165, 1.54) is 4.90 Å². The second-order valence-electron chi connectivity index (χ2n) is 4.79. The smallest absolute Gasteiger partial charge is 0.338 e. The summed E-state index contributed by atoms with van der Waals surface area (Å²) in [6.07, 6.45) is -0.0794. The van der Waals surface area contributed by atoms with Crippen LogP contribution >= 0.6 is 15.9 Å². The Bertz CT molecular complexity index is 415. The van der Waals surface area contributed by atoms with Gasteiger partial charge in [-0.15, -0.1) is 0 Å². The Morgan fingerprint density at radius 3 is 2.63 bits per heavy atom. The van der Waals surface area contributed by atoms with Crippen LogP contribution in [0.3, 0.4) is 0 Å². The number of quaternary nitrogens is 1. The minimum atomic E-state index is -0.257. The fourth-order valence-electron chi connectivity index (χ4n) is 2.15. The van der Waals surface area contributed by atoms with Gasteiger partial charge in [0.1, 0.15) is 25.7 Å². The van der Waals surface area contributed by atoms with Gasteiger partial charge in [0.15, 0.2) is 0 Å². The van der Waals surface area contributed by atoms with Crippen molar-refractivity contribution in [3.05, 3.63) is 34.3 Å². The number of carbonyl (C=O) groups is 1. The number of hydrogen-bond acceptors (Lipinski definition) is 3. The Labute approximate surface area is 121 Å². The second-order valence-corrected chi connectivity index (χ2v) is 5.70. The number of ether oxygens (including phenoxy) is 2. The highest BCUT2D eigenvalue weighted by Crippen LogP contribution is 2.11. The Kier molecular flexibility index (Phi) is 5.36. The van der Waals surface area contributed by atoms with Crippen molar-refractivity contribution in [2.45, 2.75) is 13.0 Å². The minimum Gasteiger partial charge on any atom is -0.453 e. The van der Waals surface area contributed by atoms with Crippen LogP contribution in [0.25, 0.3) is 0 Å². The molecule has 0 radical (unpaired) electrons. The van der Waals surface area contributed by atoms with E-state index < -0.39 is 0 Å². The molecule has 0 aliphatic carbocycles. The average molecular weight is 329 g/mol. The first-order valence-corrected chi connectivity index (χ1v) is 7.32. The van der Waals surface area contributed by atoms with Crippen LogP contribution in [0.15, 0.2) is 28.7 Å². The highest BCUT2D eigenvalue weighted by atomic mass is 79.9. The van der Waals surface area contributed by atoms with Crippen LogP contribution in [0.4, 0.5) is 0 Å². The van der Waals surface area contributed by atoms with Crippen molar-refractivity contribution in [3.63, 3.8) is 0 Å². The average Bonchev–Trinajstić information content (AvgIpc) is 2.40. The summed E-state index contributed by atoms with van der Waals surface area (Å²) in [7, 11) is 0. The molecule has 2 rings (SSSR count). The van der Waals surface area contributed by atoms with E-state index in [2.05, 4.69) is 15.9 Å². The topological polar surface area (TPSA) is 40.0 Å². The third kappa shape index (κ3) is 4.60. The van der Waals surface area contributed by atoms with E-state index in [0.29, 0.717) is 5.56 Å². The van der Waals surface area contributed by atoms with E-state index in [0.717, 1.165) is 37.3 Å². The molecule has 0 amide bonds. The van der Waals surface area contributed by atoms with Crippen LogP contribution in [0.2, 0.25) is 0 Å². The van der Waals surface area contributed by atoms with Crippen molar-refractivity contribution in [3.8, 4) is 0 Å². The summed E-state index contributed by atoms with van der Waals surface area (Å²) in [6.45, 7) is 6.34. The zero-order chi connectivity index (χ0) is 13.7. The zero-order valence-electron chi connectivity index (χ0n) is 11.0. The number of morpholine rings is 1. The molecule has 0 bridgehead atoms. The minimum absolute atomic E-state index is 0.0794. The lowest BCUT2D eigenvalue weighted by atomic mass is 10.2. The Morgan fingerprint density at radius 2 is 2.00 bits per heavy atom. The van der Waals surface area contributed by atoms with E-state index in [9.17, 15) is 4.79 Å². The number of benzene rings is 1. The number of nitrogens with one attached hydrogen (secondary N) is 1. The maximum absolute atomic E-state index is 11.9. The number of halogens is 1. The van der Waals surface area contributed by atoms with Crippen LogP contribution < -0.4 is 4.90 Å². The quantitative estimate of drug-likeness (QED) is 0.835. The van der Waals surface area contributed by atoms with Crippen molar-refractivity contribution < 1.29 is 19.2 Å². The lowest BCUT2D eigenvalue weighted by molar-refractivity contribution is -0.910. The van der Waals surface area contributed by atoms with Crippen LogP contribution in [0.1, 0.15) is 17.3 Å². The highest BCUT2D eigenvalue weighted by Gasteiger charge is 2.20. The summed E-state index contributed by atoms with van der Waals surface area (Å²) >= 11 is 3.34. The van der Waals surface area contributed by atoms with E-state index in [1.807, 2.05) is 19.1 Å². The van der Waals surface area contributed by atoms with Gasteiger partial charge < -0.3 is 14.4 Å². The number of esters is 1. The van der Waals surface area contributed by atoms with Gasteiger partial charge in [-0.2, -0.15) is 0 Å². The number of carbonyl (C=O) groups excluding carboxylic acids is 1. The molecule has 1 atom stereocenters. The van der Waals surface area contributed by atoms with Gasteiger partial charge in [0.05, 0.1) is 18.8 Å². The number of rotatable bonds is 4. The molecule has 1 fully saturated rings. The Morgan fingerprint density at radius 1 is 1.37 bits per heavy atom. The molecule has 19 heavy (non-hydrogen) atoms.